The molecule has 0 atom stereocenters. The lowest BCUT2D eigenvalue weighted by molar-refractivity contribution is 0.0691. The van der Waals surface area contributed by atoms with E-state index >= 15 is 0 Å². The van der Waals surface area contributed by atoms with Gasteiger partial charge in [-0.3, -0.25) is 0 Å². The number of carboxylic acid groups (broad SMARTS) is 1. The number of carboxylic acids is 1. The van der Waals surface area contributed by atoms with Crippen molar-refractivity contribution in [2.24, 2.45) is 5.14 Å². The Bertz CT molecular complexity index is 482. The van der Waals surface area contributed by atoms with E-state index < -0.39 is 32.3 Å². The van der Waals surface area contributed by atoms with Crippen molar-refractivity contribution in [1.29, 1.82) is 0 Å². The van der Waals surface area contributed by atoms with Crippen LogP contribution in [0.3, 0.4) is 0 Å². The molecule has 5 nitrogen and oxygen atoms in total. The summed E-state index contributed by atoms with van der Waals surface area (Å²) in [6, 6.07) is 2.88. The van der Waals surface area contributed by atoms with Gasteiger partial charge in [0.1, 0.15) is 10.7 Å². The Morgan fingerprint density at radius 3 is 2.36 bits per heavy atom. The van der Waals surface area contributed by atoms with Crippen molar-refractivity contribution in [2.75, 3.05) is 0 Å². The number of carbonyl (C=O) groups is 1. The first kappa shape index (κ1) is 10.6. The Hall–Kier alpha value is -1.47. The van der Waals surface area contributed by atoms with Crippen molar-refractivity contribution < 1.29 is 22.7 Å². The third-order valence-electron chi connectivity index (χ3n) is 1.48. The third-order valence-corrected chi connectivity index (χ3v) is 2.47. The van der Waals surface area contributed by atoms with Crippen LogP contribution in [-0.4, -0.2) is 19.5 Å². The van der Waals surface area contributed by atoms with E-state index in [2.05, 4.69) is 5.14 Å². The molecule has 0 aromatic heterocycles. The first-order valence-electron chi connectivity index (χ1n) is 3.38. The van der Waals surface area contributed by atoms with Crippen molar-refractivity contribution in [2.45, 2.75) is 4.90 Å². The van der Waals surface area contributed by atoms with Crippen LogP contribution in [0.1, 0.15) is 10.4 Å². The monoisotopic (exact) mass is 219 g/mol. The molecule has 0 aliphatic rings. The van der Waals surface area contributed by atoms with E-state index in [-0.39, 0.29) is 0 Å². The molecule has 0 spiro atoms. The van der Waals surface area contributed by atoms with E-state index in [0.717, 1.165) is 18.2 Å². The largest absolute Gasteiger partial charge is 0.478 e. The predicted molar refractivity (Wildman–Crippen MR) is 44.7 cm³/mol. The molecule has 0 saturated carbocycles. The van der Waals surface area contributed by atoms with Crippen LogP contribution >= 0.6 is 0 Å². The number of halogens is 1. The Kier molecular flexibility index (Phi) is 2.54. The van der Waals surface area contributed by atoms with E-state index in [4.69, 9.17) is 5.11 Å². The molecule has 0 bridgehead atoms. The Morgan fingerprint density at radius 2 is 2.00 bits per heavy atom. The summed E-state index contributed by atoms with van der Waals surface area (Å²) >= 11 is 0. The fourth-order valence-electron chi connectivity index (χ4n) is 0.966. The highest BCUT2D eigenvalue weighted by molar-refractivity contribution is 7.89. The van der Waals surface area contributed by atoms with Gasteiger partial charge in [-0.2, -0.15) is 0 Å². The minimum absolute atomic E-state index is 0.674. The number of primary sulfonamides is 1. The molecule has 1 aromatic carbocycles. The minimum atomic E-state index is -4.36. The summed E-state index contributed by atoms with van der Waals surface area (Å²) in [5.74, 6) is -2.72. The molecule has 76 valence electrons. The Morgan fingerprint density at radius 1 is 1.43 bits per heavy atom. The average molecular weight is 219 g/mol. The number of hydrogen-bond donors (Lipinski definition) is 2. The van der Waals surface area contributed by atoms with Crippen LogP contribution in [0.5, 0.6) is 0 Å². The van der Waals surface area contributed by atoms with Gasteiger partial charge in [-0.05, 0) is 12.1 Å². The quantitative estimate of drug-likeness (QED) is 0.740. The summed E-state index contributed by atoms with van der Waals surface area (Å²) < 4.78 is 34.7. The summed E-state index contributed by atoms with van der Waals surface area (Å²) in [4.78, 5) is 9.54. The van der Waals surface area contributed by atoms with Crippen molar-refractivity contribution in [1.82, 2.24) is 0 Å². The zero-order valence-electron chi connectivity index (χ0n) is 6.77. The van der Waals surface area contributed by atoms with E-state index in [1.165, 1.54) is 0 Å². The van der Waals surface area contributed by atoms with Crippen LogP contribution in [0, 0.1) is 5.82 Å². The van der Waals surface area contributed by atoms with Crippen LogP contribution < -0.4 is 5.14 Å². The summed E-state index contributed by atoms with van der Waals surface area (Å²) in [6.45, 7) is 0. The van der Waals surface area contributed by atoms with Gasteiger partial charge >= 0.3 is 5.97 Å². The SMILES string of the molecule is NS(=O)(=O)c1c(F)cccc1C(=O)O. The second-order valence-electron chi connectivity index (χ2n) is 2.47. The maximum Gasteiger partial charge on any atom is 0.337 e. The zero-order valence-corrected chi connectivity index (χ0v) is 7.58. The maximum atomic E-state index is 13.0. The molecule has 0 heterocycles. The summed E-state index contributed by atoms with van der Waals surface area (Å²) in [7, 11) is -4.36. The van der Waals surface area contributed by atoms with Gasteiger partial charge < -0.3 is 5.11 Å². The number of sulfonamides is 1. The summed E-state index contributed by atoms with van der Waals surface area (Å²) in [6.07, 6.45) is 0. The third kappa shape index (κ3) is 1.88. The molecular formula is C7H6FNO4S. The van der Waals surface area contributed by atoms with Crippen LogP contribution in [-0.2, 0) is 10.0 Å². The fraction of sp³-hybridized carbons (Fsp3) is 0. The van der Waals surface area contributed by atoms with Gasteiger partial charge in [0.2, 0.25) is 10.0 Å². The molecule has 0 radical (unpaired) electrons. The molecule has 0 aliphatic carbocycles. The second kappa shape index (κ2) is 3.35. The van der Waals surface area contributed by atoms with Gasteiger partial charge in [0.15, 0.2) is 0 Å². The lowest BCUT2D eigenvalue weighted by Gasteiger charge is -2.03. The summed E-state index contributed by atoms with van der Waals surface area (Å²) in [5, 5.41) is 13.2. The molecular weight excluding hydrogens is 213 g/mol. The molecule has 0 aliphatic heterocycles. The smallest absolute Gasteiger partial charge is 0.337 e. The number of hydrogen-bond acceptors (Lipinski definition) is 3. The molecule has 1 aromatic rings. The maximum absolute atomic E-state index is 13.0. The van der Waals surface area contributed by atoms with Crippen molar-refractivity contribution in [3.05, 3.63) is 29.6 Å². The van der Waals surface area contributed by atoms with Gasteiger partial charge in [-0.25, -0.2) is 22.7 Å². The van der Waals surface area contributed by atoms with Gasteiger partial charge in [0.25, 0.3) is 0 Å². The predicted octanol–water partition coefficient (Wildman–Crippen LogP) is 0.171. The molecule has 0 unspecified atom stereocenters. The molecule has 0 saturated heterocycles. The standard InChI is InChI=1S/C7H6FNO4S/c8-5-3-1-2-4(7(10)11)6(5)14(9,12)13/h1-3H,(H,10,11)(H2,9,12,13). The summed E-state index contributed by atoms with van der Waals surface area (Å²) in [5.41, 5.74) is -0.674. The molecule has 3 N–H and O–H groups in total. The van der Waals surface area contributed by atoms with Crippen molar-refractivity contribution >= 4 is 16.0 Å². The van der Waals surface area contributed by atoms with E-state index in [9.17, 15) is 17.6 Å². The van der Waals surface area contributed by atoms with Crippen molar-refractivity contribution in [3.8, 4) is 0 Å². The van der Waals surface area contributed by atoms with Gasteiger partial charge in [0, 0.05) is 0 Å². The van der Waals surface area contributed by atoms with E-state index in [1.54, 1.807) is 0 Å². The molecule has 7 heteroatoms. The number of benzene rings is 1. The number of rotatable bonds is 2. The average Bonchev–Trinajstić information content (AvgIpc) is 2.01. The van der Waals surface area contributed by atoms with Gasteiger partial charge in [-0.15, -0.1) is 0 Å². The van der Waals surface area contributed by atoms with Gasteiger partial charge in [-0.1, -0.05) is 6.07 Å². The van der Waals surface area contributed by atoms with Crippen LogP contribution in [0.4, 0.5) is 4.39 Å². The fourth-order valence-corrected chi connectivity index (χ4v) is 1.77. The first-order valence-corrected chi connectivity index (χ1v) is 4.93. The Labute approximate surface area is 79.0 Å². The normalized spacial score (nSPS) is 11.3. The topological polar surface area (TPSA) is 97.5 Å². The zero-order chi connectivity index (χ0) is 10.9. The van der Waals surface area contributed by atoms with E-state index in [1.807, 2.05) is 0 Å². The van der Waals surface area contributed by atoms with Crippen LogP contribution in [0.2, 0.25) is 0 Å². The number of nitrogens with two attached hydrogens (primary N) is 1. The van der Waals surface area contributed by atoms with Gasteiger partial charge in [0.05, 0.1) is 5.56 Å². The molecule has 0 fully saturated rings. The lowest BCUT2D eigenvalue weighted by Crippen LogP contribution is -2.18. The van der Waals surface area contributed by atoms with Crippen LogP contribution in [0.15, 0.2) is 23.1 Å². The molecule has 0 amide bonds. The lowest BCUT2D eigenvalue weighted by atomic mass is 10.2. The Balaban J connectivity index is 3.62. The van der Waals surface area contributed by atoms with Crippen molar-refractivity contribution in [3.63, 3.8) is 0 Å². The number of aromatic carboxylic acids is 1. The van der Waals surface area contributed by atoms with Crippen LogP contribution in [0.25, 0.3) is 0 Å². The first-order chi connectivity index (χ1) is 6.34. The second-order valence-corrected chi connectivity index (χ2v) is 3.96. The van der Waals surface area contributed by atoms with E-state index in [0.29, 0.717) is 0 Å². The highest BCUT2D eigenvalue weighted by Crippen LogP contribution is 2.17. The highest BCUT2D eigenvalue weighted by Gasteiger charge is 2.22. The molecule has 14 heavy (non-hydrogen) atoms. The highest BCUT2D eigenvalue weighted by atomic mass is 32.2. The minimum Gasteiger partial charge on any atom is -0.478 e. The molecule has 1 rings (SSSR count).